The highest BCUT2D eigenvalue weighted by molar-refractivity contribution is 5.92. The van der Waals surface area contributed by atoms with Gasteiger partial charge < -0.3 is 10.5 Å². The molecule has 2 aromatic heterocycles. The number of methoxy groups -OCH3 is 1. The van der Waals surface area contributed by atoms with Gasteiger partial charge in [0.1, 0.15) is 11.6 Å². The number of hydrogen-bond acceptors (Lipinski definition) is 5. The Bertz CT molecular complexity index is 641. The lowest BCUT2D eigenvalue weighted by Gasteiger charge is -2.07. The molecule has 108 valence electrons. The normalized spacial score (nSPS) is 10.8. The number of aryl methyl sites for hydroxylation is 3. The molecule has 0 atom stereocenters. The molecule has 0 saturated carbocycles. The number of aromatic nitrogens is 4. The van der Waals surface area contributed by atoms with E-state index in [1.54, 1.807) is 9.25 Å². The van der Waals surface area contributed by atoms with Gasteiger partial charge in [-0.25, -0.2) is 9.78 Å². The summed E-state index contributed by atoms with van der Waals surface area (Å²) in [5.74, 6) is 0.472. The van der Waals surface area contributed by atoms with Crippen LogP contribution in [0.25, 0.3) is 5.69 Å². The minimum absolute atomic E-state index is 0.148. The van der Waals surface area contributed by atoms with Crippen molar-refractivity contribution in [1.82, 2.24) is 19.3 Å². The van der Waals surface area contributed by atoms with Crippen LogP contribution in [-0.2, 0) is 24.6 Å². The van der Waals surface area contributed by atoms with Crippen molar-refractivity contribution in [2.45, 2.75) is 26.7 Å². The van der Waals surface area contributed by atoms with Crippen LogP contribution in [0.1, 0.15) is 35.9 Å². The van der Waals surface area contributed by atoms with Gasteiger partial charge in [0.05, 0.1) is 18.5 Å². The van der Waals surface area contributed by atoms with E-state index in [0.29, 0.717) is 12.2 Å². The van der Waals surface area contributed by atoms with Crippen LogP contribution in [0.5, 0.6) is 0 Å². The molecule has 0 amide bonds. The third-order valence-electron chi connectivity index (χ3n) is 3.14. The topological polar surface area (TPSA) is 88.0 Å². The Hall–Kier alpha value is -2.31. The Kier molecular flexibility index (Phi) is 3.78. The Morgan fingerprint density at radius 2 is 2.10 bits per heavy atom. The van der Waals surface area contributed by atoms with Crippen molar-refractivity contribution in [2.75, 3.05) is 12.8 Å². The summed E-state index contributed by atoms with van der Waals surface area (Å²) < 4.78 is 8.21. The molecule has 0 saturated heterocycles. The number of esters is 1. The van der Waals surface area contributed by atoms with Gasteiger partial charge in [-0.05, 0) is 6.42 Å². The summed E-state index contributed by atoms with van der Waals surface area (Å²) in [5, 5.41) is 4.39. The van der Waals surface area contributed by atoms with Gasteiger partial charge in [0.25, 0.3) is 0 Å². The molecule has 20 heavy (non-hydrogen) atoms. The number of nitrogens with two attached hydrogens (primary N) is 1. The third kappa shape index (κ3) is 2.15. The molecule has 2 rings (SSSR count). The highest BCUT2D eigenvalue weighted by Crippen LogP contribution is 2.24. The van der Waals surface area contributed by atoms with Crippen LogP contribution in [0, 0.1) is 0 Å². The van der Waals surface area contributed by atoms with Crippen molar-refractivity contribution >= 4 is 11.8 Å². The maximum Gasteiger partial charge on any atom is 0.360 e. The average Bonchev–Trinajstić information content (AvgIpc) is 2.97. The molecule has 0 radical (unpaired) electrons. The van der Waals surface area contributed by atoms with Crippen LogP contribution in [-0.4, -0.2) is 32.4 Å². The number of nitrogen functional groups attached to an aromatic ring is 1. The van der Waals surface area contributed by atoms with Crippen molar-refractivity contribution < 1.29 is 9.53 Å². The van der Waals surface area contributed by atoms with Gasteiger partial charge in [-0.3, -0.25) is 9.25 Å². The summed E-state index contributed by atoms with van der Waals surface area (Å²) in [6, 6.07) is 0. The Balaban J connectivity index is 2.66. The number of hydrogen-bond donors (Lipinski definition) is 1. The van der Waals surface area contributed by atoms with E-state index in [-0.39, 0.29) is 11.5 Å². The lowest BCUT2D eigenvalue weighted by atomic mass is 10.3. The molecule has 0 aliphatic heterocycles. The second-order valence-electron chi connectivity index (χ2n) is 4.43. The lowest BCUT2D eigenvalue weighted by Crippen LogP contribution is -2.08. The maximum absolute atomic E-state index is 11.7. The average molecular weight is 277 g/mol. The summed E-state index contributed by atoms with van der Waals surface area (Å²) in [6.45, 7) is 3.98. The molecule has 0 aromatic carbocycles. The van der Waals surface area contributed by atoms with E-state index in [1.165, 1.54) is 7.11 Å². The first-order valence-electron chi connectivity index (χ1n) is 6.51. The Morgan fingerprint density at radius 3 is 2.65 bits per heavy atom. The highest BCUT2D eigenvalue weighted by Gasteiger charge is 2.23. The molecule has 0 fully saturated rings. The molecule has 7 heteroatoms. The van der Waals surface area contributed by atoms with Crippen LogP contribution in [0.4, 0.5) is 5.82 Å². The van der Waals surface area contributed by atoms with E-state index in [1.807, 2.05) is 27.1 Å². The number of carbonyl (C=O) groups is 1. The summed E-state index contributed by atoms with van der Waals surface area (Å²) in [5.41, 5.74) is 7.99. The first kappa shape index (κ1) is 14.1. The van der Waals surface area contributed by atoms with Crippen molar-refractivity contribution in [1.29, 1.82) is 0 Å². The summed E-state index contributed by atoms with van der Waals surface area (Å²) in [7, 11) is 3.16. The van der Waals surface area contributed by atoms with Crippen LogP contribution in [0.3, 0.4) is 0 Å². The number of ether oxygens (including phenoxy) is 1. The van der Waals surface area contributed by atoms with Crippen LogP contribution in [0.2, 0.25) is 0 Å². The summed E-state index contributed by atoms with van der Waals surface area (Å²) >= 11 is 0. The predicted octanol–water partition coefficient (Wildman–Crippen LogP) is 1.10. The van der Waals surface area contributed by atoms with E-state index in [4.69, 9.17) is 10.5 Å². The lowest BCUT2D eigenvalue weighted by molar-refractivity contribution is 0.0596. The molecule has 2 aromatic rings. The molecule has 0 unspecified atom stereocenters. The molecule has 2 heterocycles. The standard InChI is InChI=1S/C13H19N5O2/c1-5-8-9(7-17(3)16-8)18-10(6-2)15-11(12(18)14)13(19)20-4/h7H,5-6,14H2,1-4H3. The zero-order valence-electron chi connectivity index (χ0n) is 12.2. The summed E-state index contributed by atoms with van der Waals surface area (Å²) in [6.07, 6.45) is 3.29. The van der Waals surface area contributed by atoms with Gasteiger partial charge in [0.15, 0.2) is 5.69 Å². The number of imidazole rings is 1. The van der Waals surface area contributed by atoms with Gasteiger partial charge in [0, 0.05) is 19.7 Å². The fourth-order valence-corrected chi connectivity index (χ4v) is 2.19. The summed E-state index contributed by atoms with van der Waals surface area (Å²) in [4.78, 5) is 16.0. The molecule has 7 nitrogen and oxygen atoms in total. The van der Waals surface area contributed by atoms with Gasteiger partial charge >= 0.3 is 5.97 Å². The van der Waals surface area contributed by atoms with Crippen LogP contribution < -0.4 is 5.73 Å². The van der Waals surface area contributed by atoms with E-state index in [2.05, 4.69) is 10.1 Å². The molecule has 0 bridgehead atoms. The molecular formula is C13H19N5O2. The first-order chi connectivity index (χ1) is 9.53. The number of anilines is 1. The van der Waals surface area contributed by atoms with E-state index >= 15 is 0 Å². The highest BCUT2D eigenvalue weighted by atomic mass is 16.5. The minimum atomic E-state index is -0.530. The fraction of sp³-hybridized carbons (Fsp3) is 0.462. The fourth-order valence-electron chi connectivity index (χ4n) is 2.19. The second kappa shape index (κ2) is 5.36. The van der Waals surface area contributed by atoms with Crippen molar-refractivity contribution in [3.63, 3.8) is 0 Å². The van der Waals surface area contributed by atoms with E-state index in [0.717, 1.165) is 17.8 Å². The maximum atomic E-state index is 11.7. The molecular weight excluding hydrogens is 258 g/mol. The molecule has 0 aliphatic rings. The van der Waals surface area contributed by atoms with Gasteiger partial charge in [-0.1, -0.05) is 13.8 Å². The van der Waals surface area contributed by atoms with Gasteiger partial charge in [-0.15, -0.1) is 0 Å². The SMILES string of the molecule is CCc1nn(C)cc1-n1c(CC)nc(C(=O)OC)c1N. The Labute approximate surface area is 117 Å². The smallest absolute Gasteiger partial charge is 0.360 e. The number of carbonyl (C=O) groups excluding carboxylic acids is 1. The van der Waals surface area contributed by atoms with Crippen LogP contribution >= 0.6 is 0 Å². The zero-order valence-corrected chi connectivity index (χ0v) is 12.2. The van der Waals surface area contributed by atoms with Crippen molar-refractivity contribution in [3.05, 3.63) is 23.4 Å². The molecule has 0 aliphatic carbocycles. The molecule has 2 N–H and O–H groups in total. The number of rotatable bonds is 4. The zero-order chi connectivity index (χ0) is 14.9. The minimum Gasteiger partial charge on any atom is -0.464 e. The third-order valence-corrected chi connectivity index (χ3v) is 3.14. The quantitative estimate of drug-likeness (QED) is 0.845. The van der Waals surface area contributed by atoms with Crippen LogP contribution in [0.15, 0.2) is 6.20 Å². The Morgan fingerprint density at radius 1 is 1.40 bits per heavy atom. The first-order valence-corrected chi connectivity index (χ1v) is 6.51. The van der Waals surface area contributed by atoms with Crippen molar-refractivity contribution in [2.24, 2.45) is 7.05 Å². The number of nitrogens with zero attached hydrogens (tertiary/aromatic N) is 4. The van der Waals surface area contributed by atoms with Gasteiger partial charge in [-0.2, -0.15) is 5.10 Å². The monoisotopic (exact) mass is 277 g/mol. The van der Waals surface area contributed by atoms with Crippen molar-refractivity contribution in [3.8, 4) is 5.69 Å². The predicted molar refractivity (Wildman–Crippen MR) is 74.8 cm³/mol. The van der Waals surface area contributed by atoms with Gasteiger partial charge in [0.2, 0.25) is 0 Å². The van der Waals surface area contributed by atoms with E-state index < -0.39 is 5.97 Å². The van der Waals surface area contributed by atoms with E-state index in [9.17, 15) is 4.79 Å². The largest absolute Gasteiger partial charge is 0.464 e. The second-order valence-corrected chi connectivity index (χ2v) is 4.43. The molecule has 0 spiro atoms.